The molecule has 0 bridgehead atoms. The van der Waals surface area contributed by atoms with Gasteiger partial charge in [-0.05, 0) is 38.5 Å². The Labute approximate surface area is 122 Å². The third-order valence-corrected chi connectivity index (χ3v) is 6.34. The van der Waals surface area contributed by atoms with Crippen molar-refractivity contribution in [2.75, 3.05) is 6.61 Å². The van der Waals surface area contributed by atoms with Gasteiger partial charge in [-0.2, -0.15) is 0 Å². The van der Waals surface area contributed by atoms with Crippen LogP contribution in [0.4, 0.5) is 0 Å². The predicted octanol–water partition coefficient (Wildman–Crippen LogP) is 2.91. The first-order chi connectivity index (χ1) is 9.35. The van der Waals surface area contributed by atoms with Gasteiger partial charge in [-0.15, -0.1) is 0 Å². The molecule has 0 radical (unpaired) electrons. The molecule has 5 atom stereocenters. The second-order valence-corrected chi connectivity index (χ2v) is 7.86. The van der Waals surface area contributed by atoms with Gasteiger partial charge in [-0.3, -0.25) is 4.57 Å². The van der Waals surface area contributed by atoms with Gasteiger partial charge in [0.1, 0.15) is 0 Å². The van der Waals surface area contributed by atoms with Crippen LogP contribution in [-0.2, 0) is 13.8 Å². The molecule has 0 spiro atoms. The van der Waals surface area contributed by atoms with E-state index >= 15 is 0 Å². The summed E-state index contributed by atoms with van der Waals surface area (Å²) in [6, 6.07) is -0.117. The Kier molecular flexibility index (Phi) is 7.16. The third-order valence-electron chi connectivity index (χ3n) is 4.36. The van der Waals surface area contributed by atoms with E-state index in [0.717, 1.165) is 12.8 Å². The highest BCUT2D eigenvalue weighted by Crippen LogP contribution is 2.53. The Bertz CT molecular complexity index is 335. The van der Waals surface area contributed by atoms with Gasteiger partial charge in [0, 0.05) is 6.04 Å². The molecule has 0 aliphatic heterocycles. The summed E-state index contributed by atoms with van der Waals surface area (Å²) in [6.45, 7) is 8.23. The van der Waals surface area contributed by atoms with E-state index in [-0.39, 0.29) is 30.8 Å². The molecule has 1 rings (SSSR count). The highest BCUT2D eigenvalue weighted by atomic mass is 31.2. The largest absolute Gasteiger partial charge is 0.375 e. The van der Waals surface area contributed by atoms with Gasteiger partial charge < -0.3 is 19.9 Å². The van der Waals surface area contributed by atoms with Crippen LogP contribution in [0.3, 0.4) is 0 Å². The van der Waals surface area contributed by atoms with Crippen molar-refractivity contribution < 1.29 is 18.7 Å². The van der Waals surface area contributed by atoms with Gasteiger partial charge in [-0.25, -0.2) is 0 Å². The summed E-state index contributed by atoms with van der Waals surface area (Å²) in [5.74, 6) is 0.202. The van der Waals surface area contributed by atoms with E-state index in [2.05, 4.69) is 20.8 Å². The summed E-state index contributed by atoms with van der Waals surface area (Å²) >= 11 is 0. The number of hydrogen-bond donors (Lipinski definition) is 2. The highest BCUT2D eigenvalue weighted by Gasteiger charge is 2.43. The van der Waals surface area contributed by atoms with Crippen molar-refractivity contribution in [3.8, 4) is 0 Å². The molecule has 6 heteroatoms. The predicted molar refractivity (Wildman–Crippen MR) is 80.9 cm³/mol. The molecule has 0 aromatic carbocycles. The van der Waals surface area contributed by atoms with Crippen LogP contribution < -0.4 is 5.73 Å². The minimum Gasteiger partial charge on any atom is -0.375 e. The zero-order valence-electron chi connectivity index (χ0n) is 13.1. The van der Waals surface area contributed by atoms with Gasteiger partial charge in [-0.1, -0.05) is 20.8 Å². The average Bonchev–Trinajstić information content (AvgIpc) is 2.40. The van der Waals surface area contributed by atoms with E-state index in [1.807, 2.05) is 0 Å². The highest BCUT2D eigenvalue weighted by molar-refractivity contribution is 7.53. The monoisotopic (exact) mass is 307 g/mol. The fourth-order valence-electron chi connectivity index (χ4n) is 2.85. The minimum atomic E-state index is -3.59. The molecule has 1 aliphatic carbocycles. The van der Waals surface area contributed by atoms with Crippen LogP contribution in [0.5, 0.6) is 0 Å². The van der Waals surface area contributed by atoms with E-state index < -0.39 is 13.3 Å². The molecule has 20 heavy (non-hydrogen) atoms. The molecule has 1 aliphatic rings. The maximum atomic E-state index is 12.2. The van der Waals surface area contributed by atoms with Gasteiger partial charge in [0.05, 0.1) is 24.5 Å². The quantitative estimate of drug-likeness (QED) is 0.707. The summed E-state index contributed by atoms with van der Waals surface area (Å²) in [5, 5.41) is 0. The topological polar surface area (TPSA) is 81.8 Å². The van der Waals surface area contributed by atoms with Crippen molar-refractivity contribution in [3.63, 3.8) is 0 Å². The molecule has 2 unspecified atom stereocenters. The minimum absolute atomic E-state index is 0.0606. The molecule has 1 fully saturated rings. The Balaban J connectivity index is 2.77. The SMILES string of the molecule is CCOP(=O)(O)C1C[C@H](N)[C@@H](C)[C@H](OC(CC)CC)C1. The maximum Gasteiger partial charge on any atom is 0.331 e. The van der Waals surface area contributed by atoms with Crippen molar-refractivity contribution in [3.05, 3.63) is 0 Å². The van der Waals surface area contributed by atoms with Crippen LogP contribution in [-0.4, -0.2) is 35.4 Å². The zero-order valence-corrected chi connectivity index (χ0v) is 14.0. The van der Waals surface area contributed by atoms with E-state index in [1.54, 1.807) is 6.92 Å². The second kappa shape index (κ2) is 7.90. The average molecular weight is 307 g/mol. The van der Waals surface area contributed by atoms with Crippen molar-refractivity contribution in [1.29, 1.82) is 0 Å². The van der Waals surface area contributed by atoms with Crippen LogP contribution >= 0.6 is 7.60 Å². The molecule has 5 nitrogen and oxygen atoms in total. The van der Waals surface area contributed by atoms with Gasteiger partial charge in [0.25, 0.3) is 0 Å². The number of rotatable bonds is 7. The molecule has 3 N–H and O–H groups in total. The molecule has 120 valence electrons. The van der Waals surface area contributed by atoms with E-state index in [0.29, 0.717) is 12.8 Å². The fraction of sp³-hybridized carbons (Fsp3) is 1.00. The van der Waals surface area contributed by atoms with Crippen molar-refractivity contribution in [2.45, 2.75) is 77.3 Å². The van der Waals surface area contributed by atoms with Crippen LogP contribution in [0.2, 0.25) is 0 Å². The lowest BCUT2D eigenvalue weighted by molar-refractivity contribution is -0.0631. The molecule has 0 aromatic rings. The van der Waals surface area contributed by atoms with Crippen LogP contribution in [0.1, 0.15) is 53.4 Å². The lowest BCUT2D eigenvalue weighted by Gasteiger charge is -2.40. The van der Waals surface area contributed by atoms with Gasteiger partial charge >= 0.3 is 7.60 Å². The Morgan fingerprint density at radius 2 is 1.90 bits per heavy atom. The second-order valence-electron chi connectivity index (χ2n) is 5.74. The van der Waals surface area contributed by atoms with Gasteiger partial charge in [0.2, 0.25) is 0 Å². The summed E-state index contributed by atoms with van der Waals surface area (Å²) in [7, 11) is -3.59. The first-order valence-electron chi connectivity index (χ1n) is 7.73. The zero-order chi connectivity index (χ0) is 15.3. The smallest absolute Gasteiger partial charge is 0.331 e. The molecular weight excluding hydrogens is 277 g/mol. The molecule has 1 saturated carbocycles. The molecule has 0 heterocycles. The Morgan fingerprint density at radius 1 is 1.30 bits per heavy atom. The van der Waals surface area contributed by atoms with Crippen LogP contribution in [0, 0.1) is 5.92 Å². The standard InChI is InChI=1S/C14H30NO4P/c1-5-11(6-2)19-14-9-12(8-13(15)10(14)4)20(16,17)18-7-3/h10-14H,5-9,15H2,1-4H3,(H,16,17)/t10-,12?,13+,14-/m1/s1. The van der Waals surface area contributed by atoms with E-state index in [1.165, 1.54) is 0 Å². The fourth-order valence-corrected chi connectivity index (χ4v) is 4.41. The number of ether oxygens (including phenoxy) is 1. The lowest BCUT2D eigenvalue weighted by atomic mass is 9.83. The summed E-state index contributed by atoms with van der Waals surface area (Å²) < 4.78 is 23.4. The van der Waals surface area contributed by atoms with Crippen LogP contribution in [0.25, 0.3) is 0 Å². The van der Waals surface area contributed by atoms with Crippen molar-refractivity contribution >= 4 is 7.60 Å². The lowest BCUT2D eigenvalue weighted by Crippen LogP contribution is -2.47. The van der Waals surface area contributed by atoms with Gasteiger partial charge in [0.15, 0.2) is 0 Å². The number of hydrogen-bond acceptors (Lipinski definition) is 4. The summed E-state index contributed by atoms with van der Waals surface area (Å²) in [6.07, 6.45) is 3.11. The maximum absolute atomic E-state index is 12.2. The van der Waals surface area contributed by atoms with E-state index in [9.17, 15) is 9.46 Å². The number of nitrogens with two attached hydrogens (primary N) is 1. The van der Waals surface area contributed by atoms with E-state index in [4.69, 9.17) is 15.0 Å². The molecule has 0 saturated heterocycles. The third kappa shape index (κ3) is 4.54. The normalized spacial score (nSPS) is 34.1. The first kappa shape index (κ1) is 18.1. The van der Waals surface area contributed by atoms with Crippen molar-refractivity contribution in [2.24, 2.45) is 11.7 Å². The Morgan fingerprint density at radius 3 is 2.40 bits per heavy atom. The first-order valence-corrected chi connectivity index (χ1v) is 9.38. The molecule has 0 amide bonds. The van der Waals surface area contributed by atoms with Crippen LogP contribution in [0.15, 0.2) is 0 Å². The summed E-state index contributed by atoms with van der Waals surface area (Å²) in [5.41, 5.74) is 5.73. The Hall–Kier alpha value is 0.0700. The molecular formula is C14H30NO4P. The summed E-state index contributed by atoms with van der Waals surface area (Å²) in [4.78, 5) is 10.0. The molecule has 0 aromatic heterocycles. The van der Waals surface area contributed by atoms with Crippen molar-refractivity contribution in [1.82, 2.24) is 0 Å².